The number of hydrazone groups is 1. The summed E-state index contributed by atoms with van der Waals surface area (Å²) in [6.07, 6.45) is 21.5. The normalized spacial score (nSPS) is 11.0. The minimum absolute atomic E-state index is 0.0862. The van der Waals surface area contributed by atoms with Crippen LogP contribution in [0.5, 0.6) is 17.2 Å². The molecule has 0 heterocycles. The van der Waals surface area contributed by atoms with E-state index in [4.69, 9.17) is 14.2 Å². The molecular weight excluding hydrogens is 540 g/mol. The molecule has 7 heteroatoms. The maximum atomic E-state index is 12.6. The number of benzene rings is 2. The van der Waals surface area contributed by atoms with E-state index in [9.17, 15) is 9.59 Å². The SMILES string of the molecule is CCCCCCCCCCCCCCCCCC(=O)NN=Cc1ccc(OC(=O)c2ccc(OCC)cc2)c(OCC)c1. The van der Waals surface area contributed by atoms with E-state index in [1.807, 2.05) is 13.8 Å². The highest BCUT2D eigenvalue weighted by Crippen LogP contribution is 2.29. The highest BCUT2D eigenvalue weighted by molar-refractivity contribution is 5.91. The third-order valence-corrected chi connectivity index (χ3v) is 7.28. The fourth-order valence-electron chi connectivity index (χ4n) is 4.86. The van der Waals surface area contributed by atoms with Gasteiger partial charge in [0.15, 0.2) is 11.5 Å². The van der Waals surface area contributed by atoms with E-state index in [1.165, 1.54) is 83.5 Å². The van der Waals surface area contributed by atoms with E-state index in [-0.39, 0.29) is 5.91 Å². The Labute approximate surface area is 259 Å². The van der Waals surface area contributed by atoms with Gasteiger partial charge in [0.25, 0.3) is 0 Å². The quantitative estimate of drug-likeness (QED) is 0.0430. The average Bonchev–Trinajstić information content (AvgIpc) is 3.01. The summed E-state index contributed by atoms with van der Waals surface area (Å²) in [4.78, 5) is 24.8. The third kappa shape index (κ3) is 16.2. The first-order valence-corrected chi connectivity index (χ1v) is 16.6. The third-order valence-electron chi connectivity index (χ3n) is 7.28. The van der Waals surface area contributed by atoms with Gasteiger partial charge in [-0.2, -0.15) is 5.10 Å². The summed E-state index contributed by atoms with van der Waals surface area (Å²) in [6.45, 7) is 6.99. The number of hydrogen-bond acceptors (Lipinski definition) is 6. The van der Waals surface area contributed by atoms with Gasteiger partial charge < -0.3 is 14.2 Å². The van der Waals surface area contributed by atoms with Crippen molar-refractivity contribution in [3.05, 3.63) is 53.6 Å². The Kier molecular flexibility index (Phi) is 19.3. The lowest BCUT2D eigenvalue weighted by Crippen LogP contribution is -2.16. The zero-order valence-electron chi connectivity index (χ0n) is 26.8. The monoisotopic (exact) mass is 594 g/mol. The molecule has 2 rings (SSSR count). The summed E-state index contributed by atoms with van der Waals surface area (Å²) in [5.41, 5.74) is 3.74. The summed E-state index contributed by atoms with van der Waals surface area (Å²) >= 11 is 0. The van der Waals surface area contributed by atoms with Gasteiger partial charge in [0.05, 0.1) is 25.0 Å². The second-order valence-electron chi connectivity index (χ2n) is 11.0. The number of nitrogens with one attached hydrogen (secondary N) is 1. The Morgan fingerprint density at radius 1 is 0.674 bits per heavy atom. The van der Waals surface area contributed by atoms with Gasteiger partial charge >= 0.3 is 5.97 Å². The van der Waals surface area contributed by atoms with Crippen molar-refractivity contribution in [2.24, 2.45) is 5.10 Å². The molecule has 0 saturated heterocycles. The van der Waals surface area contributed by atoms with Crippen molar-refractivity contribution in [3.8, 4) is 17.2 Å². The van der Waals surface area contributed by atoms with Crippen LogP contribution in [0.4, 0.5) is 0 Å². The molecule has 1 amide bonds. The molecule has 0 fully saturated rings. The van der Waals surface area contributed by atoms with Crippen molar-refractivity contribution in [1.29, 1.82) is 0 Å². The molecule has 0 aliphatic heterocycles. The van der Waals surface area contributed by atoms with Crippen molar-refractivity contribution in [1.82, 2.24) is 5.43 Å². The number of nitrogens with zero attached hydrogens (tertiary/aromatic N) is 1. The Hall–Kier alpha value is -3.35. The number of carbonyl (C=O) groups is 2. The first kappa shape index (κ1) is 35.8. The van der Waals surface area contributed by atoms with Crippen LogP contribution in [0.15, 0.2) is 47.6 Å². The van der Waals surface area contributed by atoms with Crippen LogP contribution in [0.25, 0.3) is 0 Å². The summed E-state index contributed by atoms with van der Waals surface area (Å²) in [7, 11) is 0. The Morgan fingerprint density at radius 3 is 1.79 bits per heavy atom. The number of unbranched alkanes of at least 4 members (excludes halogenated alkanes) is 14. The van der Waals surface area contributed by atoms with Gasteiger partial charge in [-0.15, -0.1) is 0 Å². The van der Waals surface area contributed by atoms with Crippen LogP contribution in [0.3, 0.4) is 0 Å². The molecule has 7 nitrogen and oxygen atoms in total. The van der Waals surface area contributed by atoms with Gasteiger partial charge in [0, 0.05) is 6.42 Å². The van der Waals surface area contributed by atoms with Gasteiger partial charge in [-0.05, 0) is 68.3 Å². The smallest absolute Gasteiger partial charge is 0.343 e. The maximum absolute atomic E-state index is 12.6. The second-order valence-corrected chi connectivity index (χ2v) is 11.0. The van der Waals surface area contributed by atoms with Crippen LogP contribution in [0.1, 0.15) is 139 Å². The highest BCUT2D eigenvalue weighted by atomic mass is 16.6. The van der Waals surface area contributed by atoms with Crippen molar-refractivity contribution in [2.45, 2.75) is 124 Å². The van der Waals surface area contributed by atoms with Crippen molar-refractivity contribution in [3.63, 3.8) is 0 Å². The van der Waals surface area contributed by atoms with Gasteiger partial charge in [-0.25, -0.2) is 10.2 Å². The summed E-state index contributed by atoms with van der Waals surface area (Å²) in [5, 5.41) is 4.09. The molecule has 238 valence electrons. The standard InChI is InChI=1S/C36H54N2O5/c1-4-7-8-9-10-11-12-13-14-15-16-17-18-19-20-21-35(39)38-37-29-30-22-27-33(34(28-30)42-6-3)43-36(40)31-23-25-32(26-24-31)41-5-2/h22-29H,4-21H2,1-3H3,(H,38,39). The highest BCUT2D eigenvalue weighted by Gasteiger charge is 2.13. The molecular formula is C36H54N2O5. The fourth-order valence-corrected chi connectivity index (χ4v) is 4.86. The molecule has 0 aliphatic carbocycles. The van der Waals surface area contributed by atoms with Gasteiger partial charge in [0.2, 0.25) is 5.91 Å². The van der Waals surface area contributed by atoms with Crippen molar-refractivity contribution in [2.75, 3.05) is 13.2 Å². The summed E-state index contributed by atoms with van der Waals surface area (Å²) in [6, 6.07) is 11.9. The minimum Gasteiger partial charge on any atom is -0.494 e. The van der Waals surface area contributed by atoms with E-state index < -0.39 is 5.97 Å². The molecule has 0 spiro atoms. The van der Waals surface area contributed by atoms with Gasteiger partial charge in [-0.3, -0.25) is 4.79 Å². The number of rotatable bonds is 24. The molecule has 2 aromatic rings. The van der Waals surface area contributed by atoms with Crippen molar-refractivity contribution >= 4 is 18.1 Å². The van der Waals surface area contributed by atoms with E-state index in [1.54, 1.807) is 48.7 Å². The van der Waals surface area contributed by atoms with E-state index in [2.05, 4.69) is 17.5 Å². The summed E-state index contributed by atoms with van der Waals surface area (Å²) in [5.74, 6) is 0.859. The van der Waals surface area contributed by atoms with Gasteiger partial charge in [-0.1, -0.05) is 96.8 Å². The molecule has 0 atom stereocenters. The Balaban J connectivity index is 1.61. The fraction of sp³-hybridized carbons (Fsp3) is 0.583. The van der Waals surface area contributed by atoms with Crippen LogP contribution < -0.4 is 19.6 Å². The number of ether oxygens (including phenoxy) is 3. The first-order chi connectivity index (χ1) is 21.1. The molecule has 0 aliphatic rings. The minimum atomic E-state index is -0.489. The average molecular weight is 595 g/mol. The number of hydrogen-bond donors (Lipinski definition) is 1. The largest absolute Gasteiger partial charge is 0.494 e. The van der Waals surface area contributed by atoms with Crippen LogP contribution in [-0.4, -0.2) is 31.3 Å². The zero-order chi connectivity index (χ0) is 31.0. The molecule has 0 radical (unpaired) electrons. The maximum Gasteiger partial charge on any atom is 0.343 e. The molecule has 0 saturated carbocycles. The Bertz CT molecular complexity index is 1070. The number of carbonyl (C=O) groups excluding carboxylic acids is 2. The molecule has 1 N–H and O–H groups in total. The molecule has 0 unspecified atom stereocenters. The molecule has 0 aromatic heterocycles. The Morgan fingerprint density at radius 2 is 1.23 bits per heavy atom. The lowest BCUT2D eigenvalue weighted by molar-refractivity contribution is -0.121. The summed E-state index contributed by atoms with van der Waals surface area (Å²) < 4.78 is 16.7. The van der Waals surface area contributed by atoms with E-state index >= 15 is 0 Å². The first-order valence-electron chi connectivity index (χ1n) is 16.6. The number of amides is 1. The van der Waals surface area contributed by atoms with Gasteiger partial charge in [0.1, 0.15) is 5.75 Å². The predicted molar refractivity (Wildman–Crippen MR) is 175 cm³/mol. The molecule has 0 bridgehead atoms. The van der Waals surface area contributed by atoms with Crippen LogP contribution in [-0.2, 0) is 4.79 Å². The molecule has 43 heavy (non-hydrogen) atoms. The topological polar surface area (TPSA) is 86.2 Å². The predicted octanol–water partition coefficient (Wildman–Crippen LogP) is 9.41. The number of esters is 1. The lowest BCUT2D eigenvalue weighted by atomic mass is 10.0. The van der Waals surface area contributed by atoms with Crippen LogP contribution in [0, 0.1) is 0 Å². The lowest BCUT2D eigenvalue weighted by Gasteiger charge is -2.11. The second kappa shape index (κ2) is 23.1. The van der Waals surface area contributed by atoms with E-state index in [0.29, 0.717) is 42.4 Å². The molecule has 2 aromatic carbocycles. The van der Waals surface area contributed by atoms with Crippen molar-refractivity contribution < 1.29 is 23.8 Å². The zero-order valence-corrected chi connectivity index (χ0v) is 26.8. The van der Waals surface area contributed by atoms with Crippen LogP contribution >= 0.6 is 0 Å². The van der Waals surface area contributed by atoms with Crippen LogP contribution in [0.2, 0.25) is 0 Å². The van der Waals surface area contributed by atoms with E-state index in [0.717, 1.165) is 18.4 Å².